The van der Waals surface area contributed by atoms with Gasteiger partial charge in [0.15, 0.2) is 0 Å². The zero-order valence-electron chi connectivity index (χ0n) is 4.61. The molecule has 0 saturated carbocycles. The number of nitrogens with two attached hydrogens (primary N) is 1. The van der Waals surface area contributed by atoms with Crippen molar-refractivity contribution in [1.82, 2.24) is 0 Å². The summed E-state index contributed by atoms with van der Waals surface area (Å²) < 4.78 is 10.4. The van der Waals surface area contributed by atoms with Gasteiger partial charge >= 0.3 is 0 Å². The number of hydrogen-bond donors (Lipinski definition) is 3. The van der Waals surface area contributed by atoms with Gasteiger partial charge in [-0.15, -0.1) is 0 Å². The highest BCUT2D eigenvalue weighted by atomic mass is 31.2. The molecule has 0 amide bonds. The quantitative estimate of drug-likeness (QED) is 0.436. The Labute approximate surface area is 47.8 Å². The van der Waals surface area contributed by atoms with Crippen molar-refractivity contribution in [2.45, 2.75) is 5.78 Å². The van der Waals surface area contributed by atoms with Crippen LogP contribution in [-0.2, 0) is 4.57 Å². The topological polar surface area (TPSA) is 83.5 Å². The first kappa shape index (κ1) is 8.11. The second-order valence-electron chi connectivity index (χ2n) is 1.69. The first-order valence-electron chi connectivity index (χ1n) is 2.15. The normalized spacial score (nSPS) is 22.0. The summed E-state index contributed by atoms with van der Waals surface area (Å²) in [7, 11) is -3.23. The zero-order valence-corrected chi connectivity index (χ0v) is 5.51. The summed E-state index contributed by atoms with van der Waals surface area (Å²) in [6, 6.07) is 0. The predicted octanol–water partition coefficient (Wildman–Crippen LogP) is -0.836. The van der Waals surface area contributed by atoms with Crippen LogP contribution in [0.15, 0.2) is 0 Å². The third kappa shape index (κ3) is 2.43. The van der Waals surface area contributed by atoms with Crippen LogP contribution in [0.5, 0.6) is 0 Å². The summed E-state index contributed by atoms with van der Waals surface area (Å²) in [4.78, 5) is 8.56. The number of hydrogen-bond acceptors (Lipinski definition) is 3. The maximum absolute atomic E-state index is 10.4. The smallest absolute Gasteiger partial charge is 0.216 e. The molecule has 0 rings (SSSR count). The van der Waals surface area contributed by atoms with Gasteiger partial charge in [-0.3, -0.25) is 4.57 Å². The summed E-state index contributed by atoms with van der Waals surface area (Å²) in [5.74, 6) is -0.984. The molecular formula is C3H10NO3P. The molecule has 0 saturated heterocycles. The summed E-state index contributed by atoms with van der Waals surface area (Å²) in [6.45, 7) is 0.679. The predicted molar refractivity (Wildman–Crippen MR) is 30.8 cm³/mol. The lowest BCUT2D eigenvalue weighted by Gasteiger charge is -2.10. The first-order valence-corrected chi connectivity index (χ1v) is 4.32. The van der Waals surface area contributed by atoms with E-state index in [0.29, 0.717) is 0 Å². The zero-order chi connectivity index (χ0) is 6.78. The molecule has 0 heterocycles. The third-order valence-corrected chi connectivity index (χ3v) is 2.20. The van der Waals surface area contributed by atoms with Gasteiger partial charge in [0, 0.05) is 6.66 Å². The molecule has 0 aliphatic heterocycles. The minimum Gasteiger partial charge on any atom is -0.394 e. The average molecular weight is 139 g/mol. The molecule has 0 bridgehead atoms. The van der Waals surface area contributed by atoms with E-state index < -0.39 is 19.8 Å². The van der Waals surface area contributed by atoms with Gasteiger partial charge in [0.2, 0.25) is 7.37 Å². The van der Waals surface area contributed by atoms with Crippen LogP contribution >= 0.6 is 7.37 Å². The van der Waals surface area contributed by atoms with Crippen molar-refractivity contribution in [1.29, 1.82) is 0 Å². The van der Waals surface area contributed by atoms with E-state index in [0.717, 1.165) is 6.66 Å². The summed E-state index contributed by atoms with van der Waals surface area (Å²) >= 11 is 0. The Bertz CT molecular complexity index is 109. The Balaban J connectivity index is 3.82. The van der Waals surface area contributed by atoms with E-state index >= 15 is 0 Å². The largest absolute Gasteiger partial charge is 0.394 e. The van der Waals surface area contributed by atoms with E-state index in [-0.39, 0.29) is 0 Å². The van der Waals surface area contributed by atoms with Crippen LogP contribution in [0.1, 0.15) is 0 Å². The number of aliphatic hydroxyl groups excluding tert-OH is 1. The van der Waals surface area contributed by atoms with Crippen LogP contribution < -0.4 is 5.73 Å². The SMILES string of the molecule is CP(=O)(O)C(N)CO. The van der Waals surface area contributed by atoms with Crippen molar-refractivity contribution in [3.63, 3.8) is 0 Å². The van der Waals surface area contributed by atoms with Gasteiger partial charge in [-0.1, -0.05) is 0 Å². The molecule has 0 aliphatic rings. The molecule has 2 unspecified atom stereocenters. The Morgan fingerprint density at radius 2 is 2.25 bits per heavy atom. The van der Waals surface area contributed by atoms with Crippen LogP contribution in [0.2, 0.25) is 0 Å². The highest BCUT2D eigenvalue weighted by Crippen LogP contribution is 2.37. The van der Waals surface area contributed by atoms with Crippen LogP contribution in [0.3, 0.4) is 0 Å². The lowest BCUT2D eigenvalue weighted by atomic mass is 10.7. The van der Waals surface area contributed by atoms with Crippen LogP contribution in [0, 0.1) is 0 Å². The first-order chi connectivity index (χ1) is 3.48. The molecule has 0 fully saturated rings. The molecule has 0 aromatic carbocycles. The Hall–Kier alpha value is 0.110. The molecule has 4 N–H and O–H groups in total. The van der Waals surface area contributed by atoms with Crippen LogP contribution in [0.4, 0.5) is 0 Å². The second kappa shape index (κ2) is 2.60. The average Bonchev–Trinajstić information content (AvgIpc) is 1.62. The molecule has 0 aliphatic carbocycles. The van der Waals surface area contributed by atoms with E-state index in [4.69, 9.17) is 15.7 Å². The Kier molecular flexibility index (Phi) is 2.63. The van der Waals surface area contributed by atoms with Crippen molar-refractivity contribution < 1.29 is 14.6 Å². The van der Waals surface area contributed by atoms with E-state index in [1.165, 1.54) is 0 Å². The van der Waals surface area contributed by atoms with Crippen LogP contribution in [-0.4, -0.2) is 29.1 Å². The van der Waals surface area contributed by atoms with Gasteiger partial charge in [-0.05, 0) is 0 Å². The molecular weight excluding hydrogens is 129 g/mol. The van der Waals surface area contributed by atoms with Crippen molar-refractivity contribution in [2.24, 2.45) is 5.73 Å². The summed E-state index contributed by atoms with van der Waals surface area (Å²) in [5.41, 5.74) is 4.99. The fourth-order valence-electron chi connectivity index (χ4n) is 0.151. The number of aliphatic hydroxyl groups is 1. The van der Waals surface area contributed by atoms with Gasteiger partial charge in [0.25, 0.3) is 0 Å². The summed E-state index contributed by atoms with van der Waals surface area (Å²) in [6.07, 6.45) is 0. The molecule has 0 aromatic rings. The standard InChI is InChI=1S/C3H10NO3P/c1-8(6,7)3(4)2-5/h3,5H,2,4H2,1H3,(H,6,7). The molecule has 0 radical (unpaired) electrons. The minimum absolute atomic E-state index is 0.440. The van der Waals surface area contributed by atoms with Crippen molar-refractivity contribution in [3.05, 3.63) is 0 Å². The molecule has 4 nitrogen and oxygen atoms in total. The lowest BCUT2D eigenvalue weighted by molar-refractivity contribution is 0.285. The minimum atomic E-state index is -3.23. The molecule has 0 spiro atoms. The van der Waals surface area contributed by atoms with Gasteiger partial charge in [-0.25, -0.2) is 0 Å². The molecule has 2 atom stereocenters. The molecule has 5 heteroatoms. The van der Waals surface area contributed by atoms with E-state index in [1.807, 2.05) is 0 Å². The fraction of sp³-hybridized carbons (Fsp3) is 1.00. The fourth-order valence-corrected chi connectivity index (χ4v) is 0.454. The van der Waals surface area contributed by atoms with Crippen molar-refractivity contribution in [3.8, 4) is 0 Å². The van der Waals surface area contributed by atoms with Gasteiger partial charge in [0.05, 0.1) is 6.61 Å². The van der Waals surface area contributed by atoms with Crippen molar-refractivity contribution in [2.75, 3.05) is 13.3 Å². The van der Waals surface area contributed by atoms with E-state index in [1.54, 1.807) is 0 Å². The van der Waals surface area contributed by atoms with Crippen molar-refractivity contribution >= 4 is 7.37 Å². The Morgan fingerprint density at radius 1 is 1.88 bits per heavy atom. The molecule has 0 aromatic heterocycles. The van der Waals surface area contributed by atoms with Gasteiger partial charge in [0.1, 0.15) is 5.78 Å². The lowest BCUT2D eigenvalue weighted by Crippen LogP contribution is -2.23. The monoisotopic (exact) mass is 139 g/mol. The van der Waals surface area contributed by atoms with E-state index in [2.05, 4.69) is 0 Å². The summed E-state index contributed by atoms with van der Waals surface area (Å²) in [5, 5.41) is 8.21. The Morgan fingerprint density at radius 3 is 2.25 bits per heavy atom. The maximum Gasteiger partial charge on any atom is 0.216 e. The van der Waals surface area contributed by atoms with Crippen LogP contribution in [0.25, 0.3) is 0 Å². The van der Waals surface area contributed by atoms with E-state index in [9.17, 15) is 4.57 Å². The molecule has 50 valence electrons. The molecule has 8 heavy (non-hydrogen) atoms. The highest BCUT2D eigenvalue weighted by Gasteiger charge is 2.19. The third-order valence-electron chi connectivity index (χ3n) is 0.802. The van der Waals surface area contributed by atoms with Gasteiger partial charge in [-0.2, -0.15) is 0 Å². The highest BCUT2D eigenvalue weighted by molar-refractivity contribution is 7.57. The van der Waals surface area contributed by atoms with Gasteiger partial charge < -0.3 is 15.7 Å². The maximum atomic E-state index is 10.4. The second-order valence-corrected chi connectivity index (χ2v) is 4.24. The number of rotatable bonds is 2.